The molecule has 1 atom stereocenters. The van der Waals surface area contributed by atoms with Crippen LogP contribution in [0.5, 0.6) is 0 Å². The Labute approximate surface area is 124 Å². The predicted molar refractivity (Wildman–Crippen MR) is 78.0 cm³/mol. The van der Waals surface area contributed by atoms with Gasteiger partial charge in [-0.25, -0.2) is 8.78 Å². The number of morpholine rings is 1. The van der Waals surface area contributed by atoms with Crippen molar-refractivity contribution in [2.24, 2.45) is 5.92 Å². The third-order valence-electron chi connectivity index (χ3n) is 5.08. The molecule has 1 spiro atoms. The van der Waals surface area contributed by atoms with Crippen LogP contribution in [0.3, 0.4) is 0 Å². The van der Waals surface area contributed by atoms with Crippen molar-refractivity contribution in [3.63, 3.8) is 0 Å². The summed E-state index contributed by atoms with van der Waals surface area (Å²) in [5, 5.41) is 3.32. The van der Waals surface area contributed by atoms with E-state index >= 15 is 0 Å². The van der Waals surface area contributed by atoms with E-state index < -0.39 is 17.7 Å². The number of benzene rings is 1. The van der Waals surface area contributed by atoms with Crippen LogP contribution < -0.4 is 5.32 Å². The maximum absolute atomic E-state index is 14.0. The van der Waals surface area contributed by atoms with Crippen LogP contribution in [0, 0.1) is 17.6 Å². The zero-order valence-corrected chi connectivity index (χ0v) is 12.5. The number of halogens is 2. The highest BCUT2D eigenvalue weighted by Crippen LogP contribution is 2.41. The average molecular weight is 295 g/mol. The SMILES string of the molecule is CCC1CCC2(CC1)CNCC(c1c(F)cccc1F)O2. The smallest absolute Gasteiger partial charge is 0.132 e. The van der Waals surface area contributed by atoms with Crippen molar-refractivity contribution < 1.29 is 13.5 Å². The van der Waals surface area contributed by atoms with E-state index in [9.17, 15) is 8.78 Å². The molecule has 0 aromatic heterocycles. The van der Waals surface area contributed by atoms with E-state index in [1.807, 2.05) is 0 Å². The summed E-state index contributed by atoms with van der Waals surface area (Å²) >= 11 is 0. The molecule has 0 radical (unpaired) electrons. The minimum absolute atomic E-state index is 0.0710. The van der Waals surface area contributed by atoms with Crippen LogP contribution in [0.4, 0.5) is 8.78 Å². The molecule has 1 aromatic carbocycles. The van der Waals surface area contributed by atoms with Crippen LogP contribution in [0.15, 0.2) is 18.2 Å². The van der Waals surface area contributed by atoms with Gasteiger partial charge in [0, 0.05) is 13.1 Å². The first kappa shape index (κ1) is 14.9. The van der Waals surface area contributed by atoms with E-state index in [0.717, 1.165) is 38.1 Å². The first-order chi connectivity index (χ1) is 10.1. The van der Waals surface area contributed by atoms with E-state index in [4.69, 9.17) is 4.74 Å². The van der Waals surface area contributed by atoms with Crippen LogP contribution in [-0.4, -0.2) is 18.7 Å². The number of hydrogen-bond acceptors (Lipinski definition) is 2. The lowest BCUT2D eigenvalue weighted by molar-refractivity contribution is -0.142. The molecule has 1 saturated heterocycles. The van der Waals surface area contributed by atoms with Crippen molar-refractivity contribution in [2.75, 3.05) is 13.1 Å². The lowest BCUT2D eigenvalue weighted by atomic mass is 9.77. The second kappa shape index (κ2) is 6.01. The molecule has 0 bridgehead atoms. The zero-order valence-electron chi connectivity index (χ0n) is 12.5. The second-order valence-electron chi connectivity index (χ2n) is 6.41. The van der Waals surface area contributed by atoms with Crippen molar-refractivity contribution in [2.45, 2.75) is 50.7 Å². The molecule has 2 nitrogen and oxygen atoms in total. The van der Waals surface area contributed by atoms with E-state index in [1.165, 1.54) is 24.6 Å². The molecule has 1 heterocycles. The molecule has 1 aliphatic heterocycles. The minimum Gasteiger partial charge on any atom is -0.364 e. The van der Waals surface area contributed by atoms with Gasteiger partial charge in [0.2, 0.25) is 0 Å². The maximum Gasteiger partial charge on any atom is 0.132 e. The third kappa shape index (κ3) is 2.97. The van der Waals surface area contributed by atoms with Gasteiger partial charge < -0.3 is 10.1 Å². The molecule has 2 aliphatic rings. The van der Waals surface area contributed by atoms with Crippen LogP contribution in [0.25, 0.3) is 0 Å². The third-order valence-corrected chi connectivity index (χ3v) is 5.08. The Hall–Kier alpha value is -1.00. The molecule has 4 heteroatoms. The van der Waals surface area contributed by atoms with Gasteiger partial charge in [0.15, 0.2) is 0 Å². The highest BCUT2D eigenvalue weighted by atomic mass is 19.1. The molecule has 1 aliphatic carbocycles. The first-order valence-electron chi connectivity index (χ1n) is 7.96. The summed E-state index contributed by atoms with van der Waals surface area (Å²) in [4.78, 5) is 0. The Morgan fingerprint density at radius 2 is 1.90 bits per heavy atom. The standard InChI is InChI=1S/C17H23F2NO/c1-2-12-6-8-17(9-7-12)11-20-10-15(21-17)16-13(18)4-3-5-14(16)19/h3-5,12,15,20H,2,6-11H2,1H3. The summed E-state index contributed by atoms with van der Waals surface area (Å²) in [6.07, 6.45) is 4.92. The molecule has 116 valence electrons. The van der Waals surface area contributed by atoms with Crippen LogP contribution >= 0.6 is 0 Å². The number of rotatable bonds is 2. The van der Waals surface area contributed by atoms with E-state index in [2.05, 4.69) is 12.2 Å². The fourth-order valence-electron chi connectivity index (χ4n) is 3.70. The predicted octanol–water partition coefficient (Wildman–Crippen LogP) is 3.96. The largest absolute Gasteiger partial charge is 0.364 e. The molecule has 1 N–H and O–H groups in total. The van der Waals surface area contributed by atoms with Gasteiger partial charge in [-0.05, 0) is 43.7 Å². The van der Waals surface area contributed by atoms with Crippen molar-refractivity contribution in [1.29, 1.82) is 0 Å². The Bertz CT molecular complexity index is 477. The second-order valence-corrected chi connectivity index (χ2v) is 6.41. The van der Waals surface area contributed by atoms with Gasteiger partial charge in [-0.1, -0.05) is 19.4 Å². The Balaban J connectivity index is 1.77. The molecular weight excluding hydrogens is 272 g/mol. The molecular formula is C17H23F2NO. The average Bonchev–Trinajstić information content (AvgIpc) is 2.48. The molecule has 21 heavy (non-hydrogen) atoms. The van der Waals surface area contributed by atoms with Gasteiger partial charge in [-0.3, -0.25) is 0 Å². The van der Waals surface area contributed by atoms with Crippen LogP contribution in [-0.2, 0) is 4.74 Å². The fourth-order valence-corrected chi connectivity index (χ4v) is 3.70. The van der Waals surface area contributed by atoms with Crippen molar-refractivity contribution in [3.8, 4) is 0 Å². The summed E-state index contributed by atoms with van der Waals surface area (Å²) in [6, 6.07) is 4.00. The molecule has 1 unspecified atom stereocenters. The van der Waals surface area contributed by atoms with Gasteiger partial charge in [0.25, 0.3) is 0 Å². The van der Waals surface area contributed by atoms with Gasteiger partial charge >= 0.3 is 0 Å². The number of nitrogens with one attached hydrogen (secondary N) is 1. The Kier molecular flexibility index (Phi) is 4.27. The number of hydrogen-bond donors (Lipinski definition) is 1. The molecule has 1 aromatic rings. The fraction of sp³-hybridized carbons (Fsp3) is 0.647. The first-order valence-corrected chi connectivity index (χ1v) is 7.96. The lowest BCUT2D eigenvalue weighted by Gasteiger charge is -2.46. The quantitative estimate of drug-likeness (QED) is 0.891. The summed E-state index contributed by atoms with van der Waals surface area (Å²) in [5.74, 6) is -0.257. The van der Waals surface area contributed by atoms with Gasteiger partial charge in [0.05, 0.1) is 11.2 Å². The van der Waals surface area contributed by atoms with E-state index in [1.54, 1.807) is 0 Å². The Morgan fingerprint density at radius 1 is 1.24 bits per heavy atom. The van der Waals surface area contributed by atoms with Crippen molar-refractivity contribution in [1.82, 2.24) is 5.32 Å². The zero-order chi connectivity index (χ0) is 14.9. The van der Waals surface area contributed by atoms with Gasteiger partial charge in [-0.2, -0.15) is 0 Å². The lowest BCUT2D eigenvalue weighted by Crippen LogP contribution is -2.52. The van der Waals surface area contributed by atoms with Crippen molar-refractivity contribution >= 4 is 0 Å². The number of ether oxygens (including phenoxy) is 1. The molecule has 3 rings (SSSR count). The highest BCUT2D eigenvalue weighted by molar-refractivity contribution is 5.23. The molecule has 0 amide bonds. The normalized spacial score (nSPS) is 33.3. The van der Waals surface area contributed by atoms with Gasteiger partial charge in [0.1, 0.15) is 17.7 Å². The minimum atomic E-state index is -0.530. The highest BCUT2D eigenvalue weighted by Gasteiger charge is 2.41. The summed E-state index contributed by atoms with van der Waals surface area (Å²) < 4.78 is 34.1. The Morgan fingerprint density at radius 3 is 2.52 bits per heavy atom. The monoisotopic (exact) mass is 295 g/mol. The van der Waals surface area contributed by atoms with Crippen LogP contribution in [0.1, 0.15) is 50.7 Å². The summed E-state index contributed by atoms with van der Waals surface area (Å²) in [5.41, 5.74) is -0.176. The van der Waals surface area contributed by atoms with E-state index in [0.29, 0.717) is 6.54 Å². The van der Waals surface area contributed by atoms with Crippen LogP contribution in [0.2, 0.25) is 0 Å². The summed E-state index contributed by atoms with van der Waals surface area (Å²) in [7, 11) is 0. The molecule has 1 saturated carbocycles. The summed E-state index contributed by atoms with van der Waals surface area (Å²) in [6.45, 7) is 3.48. The molecule has 2 fully saturated rings. The topological polar surface area (TPSA) is 21.3 Å². The van der Waals surface area contributed by atoms with Gasteiger partial charge in [-0.15, -0.1) is 0 Å². The van der Waals surface area contributed by atoms with Crippen molar-refractivity contribution in [3.05, 3.63) is 35.4 Å². The maximum atomic E-state index is 14.0. The van der Waals surface area contributed by atoms with E-state index in [-0.39, 0.29) is 11.2 Å².